The number of fused-ring (bicyclic) bond motifs is 1. The molecule has 8 nitrogen and oxygen atoms in total. The Labute approximate surface area is 218 Å². The highest BCUT2D eigenvalue weighted by Gasteiger charge is 2.32. The second-order valence-electron chi connectivity index (χ2n) is 10.4. The van der Waals surface area contributed by atoms with Crippen LogP contribution < -0.4 is 9.46 Å². The number of anilines is 1. The van der Waals surface area contributed by atoms with E-state index < -0.39 is 15.8 Å². The number of aliphatic hydroxyl groups is 1. The van der Waals surface area contributed by atoms with Gasteiger partial charge in [0.25, 0.3) is 10.0 Å². The summed E-state index contributed by atoms with van der Waals surface area (Å²) in [4.78, 5) is 17.2. The molecule has 1 aliphatic heterocycles. The number of aliphatic hydroxyl groups excluding tert-OH is 1. The molecule has 3 atom stereocenters. The van der Waals surface area contributed by atoms with Crippen LogP contribution in [0, 0.1) is 17.7 Å². The van der Waals surface area contributed by atoms with Crippen molar-refractivity contribution >= 4 is 21.6 Å². The molecular weight excluding hydrogens is 497 g/mol. The number of rotatable bonds is 9. The SMILES string of the molecule is C[C@H]1CN([C@@H](C)CO)C(=O)Cc2cc(NS(=O)(=O)c3ccc(F)cc3)ccc2O[C@H]1CN(C)CC1CC1. The largest absolute Gasteiger partial charge is 0.488 e. The topological polar surface area (TPSA) is 99.2 Å². The van der Waals surface area contributed by atoms with Crippen molar-refractivity contribution in [1.29, 1.82) is 0 Å². The summed E-state index contributed by atoms with van der Waals surface area (Å²) in [6.45, 7) is 5.84. The fourth-order valence-corrected chi connectivity index (χ4v) is 5.71. The molecule has 1 amide bonds. The molecule has 0 saturated heterocycles. The molecule has 1 heterocycles. The normalized spacial score (nSPS) is 21.5. The predicted molar refractivity (Wildman–Crippen MR) is 139 cm³/mol. The first-order chi connectivity index (χ1) is 17.6. The van der Waals surface area contributed by atoms with E-state index in [0.717, 1.165) is 24.6 Å². The van der Waals surface area contributed by atoms with Crippen LogP contribution >= 0.6 is 0 Å². The highest BCUT2D eigenvalue weighted by Crippen LogP contribution is 2.32. The van der Waals surface area contributed by atoms with E-state index in [4.69, 9.17) is 4.74 Å². The molecule has 37 heavy (non-hydrogen) atoms. The zero-order chi connectivity index (χ0) is 26.7. The summed E-state index contributed by atoms with van der Waals surface area (Å²) in [7, 11) is -1.88. The number of likely N-dealkylation sites (N-methyl/N-ethyl adjacent to an activating group) is 1. The van der Waals surface area contributed by atoms with Crippen LogP contribution in [0.1, 0.15) is 32.3 Å². The number of nitrogens with zero attached hydrogens (tertiary/aromatic N) is 2. The lowest BCUT2D eigenvalue weighted by Gasteiger charge is -2.34. The van der Waals surface area contributed by atoms with Crippen LogP contribution in [-0.4, -0.2) is 74.7 Å². The first-order valence-corrected chi connectivity index (χ1v) is 14.2. The predicted octanol–water partition coefficient (Wildman–Crippen LogP) is 3.12. The zero-order valence-corrected chi connectivity index (χ0v) is 22.4. The highest BCUT2D eigenvalue weighted by atomic mass is 32.2. The second kappa shape index (κ2) is 11.4. The van der Waals surface area contributed by atoms with Gasteiger partial charge < -0.3 is 19.6 Å². The summed E-state index contributed by atoms with van der Waals surface area (Å²) in [6.07, 6.45) is 2.30. The van der Waals surface area contributed by atoms with Gasteiger partial charge in [-0.2, -0.15) is 0 Å². The summed E-state index contributed by atoms with van der Waals surface area (Å²) < 4.78 is 48.0. The first-order valence-electron chi connectivity index (χ1n) is 12.7. The number of nitrogens with one attached hydrogen (secondary N) is 1. The average Bonchev–Trinajstić information content (AvgIpc) is 3.65. The van der Waals surface area contributed by atoms with Gasteiger partial charge in [0.2, 0.25) is 5.91 Å². The van der Waals surface area contributed by atoms with E-state index in [1.54, 1.807) is 23.1 Å². The van der Waals surface area contributed by atoms with Crippen LogP contribution in [0.5, 0.6) is 5.75 Å². The Hall–Kier alpha value is -2.69. The van der Waals surface area contributed by atoms with Gasteiger partial charge in [0, 0.05) is 36.8 Å². The minimum absolute atomic E-state index is 0.00204. The van der Waals surface area contributed by atoms with E-state index in [1.165, 1.54) is 25.0 Å². The fourth-order valence-electron chi connectivity index (χ4n) is 4.66. The third kappa shape index (κ3) is 7.00. The summed E-state index contributed by atoms with van der Waals surface area (Å²) in [6, 6.07) is 9.11. The second-order valence-corrected chi connectivity index (χ2v) is 12.1. The van der Waals surface area contributed by atoms with Gasteiger partial charge in [0.1, 0.15) is 17.7 Å². The van der Waals surface area contributed by atoms with Crippen LogP contribution in [0.15, 0.2) is 47.4 Å². The van der Waals surface area contributed by atoms with E-state index >= 15 is 0 Å². The quantitative estimate of drug-likeness (QED) is 0.514. The zero-order valence-electron chi connectivity index (χ0n) is 21.6. The molecule has 1 saturated carbocycles. The van der Waals surface area contributed by atoms with Gasteiger partial charge in [-0.1, -0.05) is 6.92 Å². The van der Waals surface area contributed by atoms with Crippen molar-refractivity contribution in [3.63, 3.8) is 0 Å². The lowest BCUT2D eigenvalue weighted by Crippen LogP contribution is -2.47. The van der Waals surface area contributed by atoms with E-state index in [0.29, 0.717) is 24.4 Å². The molecule has 0 radical (unpaired) electrons. The Bertz CT molecular complexity index is 1200. The van der Waals surface area contributed by atoms with Crippen molar-refractivity contribution in [2.75, 3.05) is 38.0 Å². The van der Waals surface area contributed by atoms with Crippen LogP contribution in [0.4, 0.5) is 10.1 Å². The monoisotopic (exact) mass is 533 g/mol. The van der Waals surface area contributed by atoms with Gasteiger partial charge in [0.15, 0.2) is 0 Å². The Morgan fingerprint density at radius 2 is 1.89 bits per heavy atom. The molecule has 2 aromatic rings. The molecule has 10 heteroatoms. The molecule has 0 spiro atoms. The van der Waals surface area contributed by atoms with Crippen LogP contribution in [0.2, 0.25) is 0 Å². The Morgan fingerprint density at radius 1 is 1.19 bits per heavy atom. The molecule has 2 aromatic carbocycles. The summed E-state index contributed by atoms with van der Waals surface area (Å²) in [5, 5.41) is 9.80. The molecular formula is C27H36FN3O5S. The van der Waals surface area contributed by atoms with E-state index in [9.17, 15) is 22.7 Å². The van der Waals surface area contributed by atoms with E-state index in [-0.39, 0.29) is 47.6 Å². The van der Waals surface area contributed by atoms with Crippen LogP contribution in [0.3, 0.4) is 0 Å². The van der Waals surface area contributed by atoms with Gasteiger partial charge in [-0.25, -0.2) is 12.8 Å². The third-order valence-corrected chi connectivity index (χ3v) is 8.45. The van der Waals surface area contributed by atoms with E-state index in [1.807, 2.05) is 6.92 Å². The Balaban J connectivity index is 1.63. The number of carbonyl (C=O) groups excluding carboxylic acids is 1. The molecule has 4 rings (SSSR count). The minimum Gasteiger partial charge on any atom is -0.488 e. The molecule has 202 valence electrons. The number of hydrogen-bond donors (Lipinski definition) is 2. The van der Waals surface area contributed by atoms with Gasteiger partial charge in [0.05, 0.1) is 24.0 Å². The van der Waals surface area contributed by atoms with Crippen LogP contribution in [0.25, 0.3) is 0 Å². The number of carbonyl (C=O) groups is 1. The fraction of sp³-hybridized carbons (Fsp3) is 0.519. The lowest BCUT2D eigenvalue weighted by atomic mass is 10.0. The van der Waals surface area contributed by atoms with Crippen LogP contribution in [-0.2, 0) is 21.2 Å². The first kappa shape index (κ1) is 27.3. The summed E-state index contributed by atoms with van der Waals surface area (Å²) >= 11 is 0. The highest BCUT2D eigenvalue weighted by molar-refractivity contribution is 7.92. The van der Waals surface area contributed by atoms with Crippen molar-refractivity contribution in [2.24, 2.45) is 11.8 Å². The van der Waals surface area contributed by atoms with Crippen molar-refractivity contribution in [1.82, 2.24) is 9.80 Å². The summed E-state index contributed by atoms with van der Waals surface area (Å²) in [5.74, 6) is 0.576. The molecule has 1 aliphatic carbocycles. The van der Waals surface area contributed by atoms with Crippen molar-refractivity contribution in [3.05, 3.63) is 53.8 Å². The number of halogens is 1. The minimum atomic E-state index is -3.96. The van der Waals surface area contributed by atoms with Gasteiger partial charge in [-0.3, -0.25) is 9.52 Å². The van der Waals surface area contributed by atoms with Crippen molar-refractivity contribution < 1.29 is 27.4 Å². The maximum absolute atomic E-state index is 13.3. The number of sulfonamides is 1. The van der Waals surface area contributed by atoms with Gasteiger partial charge in [-0.05, 0) is 75.2 Å². The maximum atomic E-state index is 13.3. The van der Waals surface area contributed by atoms with Crippen molar-refractivity contribution in [3.8, 4) is 5.75 Å². The number of benzene rings is 2. The number of ether oxygens (including phenoxy) is 1. The Kier molecular flexibility index (Phi) is 8.40. The maximum Gasteiger partial charge on any atom is 0.261 e. The molecule has 0 bridgehead atoms. The molecule has 2 N–H and O–H groups in total. The number of hydrogen-bond acceptors (Lipinski definition) is 6. The molecule has 0 aromatic heterocycles. The van der Waals surface area contributed by atoms with Gasteiger partial charge in [-0.15, -0.1) is 0 Å². The average molecular weight is 534 g/mol. The standard InChI is InChI=1S/C27H36FN3O5S/c1-18-14-31(19(2)17-32)27(33)13-21-12-23(29-37(34,35)24-9-6-22(28)7-10-24)8-11-25(21)36-26(18)16-30(3)15-20-4-5-20/h6-12,18-20,26,29,32H,4-5,13-17H2,1-3H3/t18-,19-,26-/m0/s1. The lowest BCUT2D eigenvalue weighted by molar-refractivity contribution is -0.134. The molecule has 2 aliphatic rings. The molecule has 1 fully saturated rings. The molecule has 0 unspecified atom stereocenters. The summed E-state index contributed by atoms with van der Waals surface area (Å²) in [5.41, 5.74) is 0.833. The smallest absolute Gasteiger partial charge is 0.261 e. The van der Waals surface area contributed by atoms with Crippen molar-refractivity contribution in [2.45, 2.75) is 50.2 Å². The number of amides is 1. The Morgan fingerprint density at radius 3 is 2.54 bits per heavy atom. The third-order valence-electron chi connectivity index (χ3n) is 7.05. The van der Waals surface area contributed by atoms with Gasteiger partial charge >= 0.3 is 0 Å². The van der Waals surface area contributed by atoms with E-state index in [2.05, 4.69) is 23.6 Å².